The lowest BCUT2D eigenvalue weighted by atomic mass is 10.00. The molecule has 0 radical (unpaired) electrons. The third-order valence-corrected chi connectivity index (χ3v) is 4.01. The van der Waals surface area contributed by atoms with Crippen molar-refractivity contribution in [1.82, 2.24) is 4.98 Å². The number of esters is 1. The quantitative estimate of drug-likeness (QED) is 0.489. The number of anilines is 1. The maximum atomic E-state index is 12.9. The first-order chi connectivity index (χ1) is 9.45. The minimum atomic E-state index is -0.484. The fraction of sp³-hybridized carbons (Fsp3) is 0.143. The topological polar surface area (TPSA) is 65.2 Å². The standard InChI is InChI=1S/C14H12FIN2O2/c1-7-5-9(14(19)20-2)13(17)12(16)11(7)10-4-3-8(15)6-18-10/h3-6H,17H2,1-2H3. The van der Waals surface area contributed by atoms with Gasteiger partial charge in [0.25, 0.3) is 0 Å². The van der Waals surface area contributed by atoms with Crippen LogP contribution in [0.2, 0.25) is 0 Å². The van der Waals surface area contributed by atoms with Crippen molar-refractivity contribution in [1.29, 1.82) is 0 Å². The van der Waals surface area contributed by atoms with E-state index in [1.54, 1.807) is 12.1 Å². The zero-order valence-electron chi connectivity index (χ0n) is 10.9. The number of nitrogens with two attached hydrogens (primary N) is 1. The number of methoxy groups -OCH3 is 1. The number of nitrogens with zero attached hydrogens (tertiary/aromatic N) is 1. The minimum Gasteiger partial charge on any atom is -0.465 e. The number of hydrogen-bond donors (Lipinski definition) is 1. The van der Waals surface area contributed by atoms with Gasteiger partial charge in [-0.25, -0.2) is 9.18 Å². The number of hydrogen-bond acceptors (Lipinski definition) is 4. The highest BCUT2D eigenvalue weighted by Gasteiger charge is 2.19. The van der Waals surface area contributed by atoms with Crippen LogP contribution in [0, 0.1) is 16.3 Å². The second-order valence-electron chi connectivity index (χ2n) is 4.20. The summed E-state index contributed by atoms with van der Waals surface area (Å²) in [6.45, 7) is 1.84. The fourth-order valence-electron chi connectivity index (χ4n) is 1.91. The summed E-state index contributed by atoms with van der Waals surface area (Å²) in [6.07, 6.45) is 1.15. The molecular weight excluding hydrogens is 374 g/mol. The van der Waals surface area contributed by atoms with E-state index in [4.69, 9.17) is 10.5 Å². The molecule has 6 heteroatoms. The Hall–Kier alpha value is -1.70. The van der Waals surface area contributed by atoms with Crippen LogP contribution >= 0.6 is 22.6 Å². The summed E-state index contributed by atoms with van der Waals surface area (Å²) in [4.78, 5) is 15.7. The zero-order chi connectivity index (χ0) is 14.9. The number of aryl methyl sites for hydroxylation is 1. The van der Waals surface area contributed by atoms with Crippen molar-refractivity contribution in [3.05, 3.63) is 44.9 Å². The number of rotatable bonds is 2. The predicted molar refractivity (Wildman–Crippen MR) is 82.8 cm³/mol. The minimum absolute atomic E-state index is 0.320. The molecule has 1 aromatic heterocycles. The van der Waals surface area contributed by atoms with Crippen LogP contribution in [0.5, 0.6) is 0 Å². The molecule has 0 bridgehead atoms. The Morgan fingerprint density at radius 2 is 2.15 bits per heavy atom. The molecule has 104 valence electrons. The number of aromatic nitrogens is 1. The van der Waals surface area contributed by atoms with E-state index in [0.717, 1.165) is 17.3 Å². The van der Waals surface area contributed by atoms with Gasteiger partial charge < -0.3 is 10.5 Å². The van der Waals surface area contributed by atoms with Gasteiger partial charge in [0.05, 0.1) is 30.3 Å². The molecule has 1 aromatic carbocycles. The first kappa shape index (κ1) is 14.7. The van der Waals surface area contributed by atoms with E-state index in [1.807, 2.05) is 6.92 Å². The first-order valence-corrected chi connectivity index (χ1v) is 6.82. The Bertz CT molecular complexity index is 672. The number of nitrogen functional groups attached to an aromatic ring is 1. The van der Waals surface area contributed by atoms with Crippen LogP contribution in [-0.4, -0.2) is 18.1 Å². The molecular formula is C14H12FIN2O2. The molecule has 0 fully saturated rings. The lowest BCUT2D eigenvalue weighted by Gasteiger charge is -2.13. The second-order valence-corrected chi connectivity index (χ2v) is 5.28. The van der Waals surface area contributed by atoms with Crippen LogP contribution in [0.3, 0.4) is 0 Å². The van der Waals surface area contributed by atoms with E-state index in [9.17, 15) is 9.18 Å². The normalized spacial score (nSPS) is 10.4. The van der Waals surface area contributed by atoms with Crippen molar-refractivity contribution >= 4 is 34.2 Å². The average Bonchev–Trinajstić information content (AvgIpc) is 2.44. The van der Waals surface area contributed by atoms with Gasteiger partial charge in [0.15, 0.2) is 0 Å². The van der Waals surface area contributed by atoms with Crippen molar-refractivity contribution in [2.45, 2.75) is 6.92 Å². The van der Waals surface area contributed by atoms with E-state index >= 15 is 0 Å². The molecule has 0 atom stereocenters. The van der Waals surface area contributed by atoms with Crippen molar-refractivity contribution in [2.24, 2.45) is 0 Å². The fourth-order valence-corrected chi connectivity index (χ4v) is 2.90. The summed E-state index contributed by atoms with van der Waals surface area (Å²) in [5, 5.41) is 0. The summed E-state index contributed by atoms with van der Waals surface area (Å²) < 4.78 is 18.3. The molecule has 0 amide bonds. The zero-order valence-corrected chi connectivity index (χ0v) is 13.1. The van der Waals surface area contributed by atoms with Crippen molar-refractivity contribution < 1.29 is 13.9 Å². The van der Waals surface area contributed by atoms with Gasteiger partial charge in [-0.2, -0.15) is 0 Å². The first-order valence-electron chi connectivity index (χ1n) is 5.74. The van der Waals surface area contributed by atoms with Crippen LogP contribution in [0.25, 0.3) is 11.3 Å². The highest BCUT2D eigenvalue weighted by atomic mass is 127. The molecule has 0 aliphatic heterocycles. The average molecular weight is 386 g/mol. The predicted octanol–water partition coefficient (Wildman–Crippen LogP) is 3.17. The lowest BCUT2D eigenvalue weighted by molar-refractivity contribution is 0.0602. The smallest absolute Gasteiger partial charge is 0.340 e. The van der Waals surface area contributed by atoms with Crippen LogP contribution in [0.4, 0.5) is 10.1 Å². The molecule has 4 nitrogen and oxygen atoms in total. The van der Waals surface area contributed by atoms with E-state index in [0.29, 0.717) is 20.5 Å². The third kappa shape index (κ3) is 2.60. The molecule has 20 heavy (non-hydrogen) atoms. The van der Waals surface area contributed by atoms with Gasteiger partial charge in [-0.15, -0.1) is 0 Å². The molecule has 2 aromatic rings. The Labute approximate surface area is 129 Å². The Kier molecular flexibility index (Phi) is 4.22. The van der Waals surface area contributed by atoms with Crippen molar-refractivity contribution in [3.63, 3.8) is 0 Å². The number of carbonyl (C=O) groups is 1. The molecule has 0 aliphatic carbocycles. The van der Waals surface area contributed by atoms with Gasteiger partial charge in [-0.05, 0) is 53.3 Å². The van der Waals surface area contributed by atoms with Crippen LogP contribution < -0.4 is 5.73 Å². The summed E-state index contributed by atoms with van der Waals surface area (Å²) >= 11 is 2.05. The van der Waals surface area contributed by atoms with E-state index in [-0.39, 0.29) is 0 Å². The molecule has 2 rings (SSSR count). The number of pyridine rings is 1. The number of carbonyl (C=O) groups excluding carboxylic acids is 1. The van der Waals surface area contributed by atoms with Crippen LogP contribution in [0.15, 0.2) is 24.4 Å². The van der Waals surface area contributed by atoms with Gasteiger partial charge in [0.2, 0.25) is 0 Å². The Morgan fingerprint density at radius 3 is 2.70 bits per heavy atom. The molecule has 0 spiro atoms. The second kappa shape index (κ2) is 5.74. The Morgan fingerprint density at radius 1 is 1.45 bits per heavy atom. The van der Waals surface area contributed by atoms with E-state index < -0.39 is 11.8 Å². The summed E-state index contributed by atoms with van der Waals surface area (Å²) in [5.74, 6) is -0.886. The number of ether oxygens (including phenoxy) is 1. The molecule has 0 saturated heterocycles. The molecule has 0 unspecified atom stereocenters. The van der Waals surface area contributed by atoms with Gasteiger partial charge in [-0.1, -0.05) is 0 Å². The summed E-state index contributed by atoms with van der Waals surface area (Å²) in [6, 6.07) is 4.57. The van der Waals surface area contributed by atoms with E-state index in [1.165, 1.54) is 13.2 Å². The monoisotopic (exact) mass is 386 g/mol. The largest absolute Gasteiger partial charge is 0.465 e. The van der Waals surface area contributed by atoms with E-state index in [2.05, 4.69) is 27.6 Å². The maximum absolute atomic E-state index is 12.9. The van der Waals surface area contributed by atoms with Gasteiger partial charge >= 0.3 is 5.97 Å². The van der Waals surface area contributed by atoms with Gasteiger partial charge in [0, 0.05) is 9.13 Å². The highest BCUT2D eigenvalue weighted by Crippen LogP contribution is 2.34. The summed E-state index contributed by atoms with van der Waals surface area (Å²) in [7, 11) is 1.30. The number of halogens is 2. The SMILES string of the molecule is COC(=O)c1cc(C)c(-c2ccc(F)cn2)c(I)c1N. The third-order valence-electron chi connectivity index (χ3n) is 2.89. The highest BCUT2D eigenvalue weighted by molar-refractivity contribution is 14.1. The lowest BCUT2D eigenvalue weighted by Crippen LogP contribution is -2.09. The summed E-state index contributed by atoms with van der Waals surface area (Å²) in [5.41, 5.74) is 8.86. The maximum Gasteiger partial charge on any atom is 0.340 e. The molecule has 1 heterocycles. The van der Waals surface area contributed by atoms with Crippen LogP contribution in [-0.2, 0) is 4.74 Å². The molecule has 0 aliphatic rings. The van der Waals surface area contributed by atoms with Crippen molar-refractivity contribution in [2.75, 3.05) is 12.8 Å². The van der Waals surface area contributed by atoms with Crippen molar-refractivity contribution in [3.8, 4) is 11.3 Å². The van der Waals surface area contributed by atoms with Gasteiger partial charge in [0.1, 0.15) is 5.82 Å². The van der Waals surface area contributed by atoms with Crippen LogP contribution in [0.1, 0.15) is 15.9 Å². The molecule has 0 saturated carbocycles. The molecule has 2 N–H and O–H groups in total. The van der Waals surface area contributed by atoms with Gasteiger partial charge in [-0.3, -0.25) is 4.98 Å². The Balaban J connectivity index is 2.64. The number of benzene rings is 1.